The second-order valence-electron chi connectivity index (χ2n) is 5.66. The highest BCUT2D eigenvalue weighted by molar-refractivity contribution is 5.68. The van der Waals surface area contributed by atoms with Crippen molar-refractivity contribution in [1.82, 2.24) is 10.2 Å². The number of carboxylic acid groups (broad SMARTS) is 1. The molecule has 0 bridgehead atoms. The molecule has 0 saturated carbocycles. The Hall–Kier alpha value is -2.28. The molecule has 2 atom stereocenters. The summed E-state index contributed by atoms with van der Waals surface area (Å²) in [6.45, 7) is 0.640. The molecule has 1 heterocycles. The summed E-state index contributed by atoms with van der Waals surface area (Å²) in [5, 5.41) is 21.7. The second-order valence-corrected chi connectivity index (χ2v) is 5.66. The number of nitrogens with one attached hydrogen (secondary N) is 1. The summed E-state index contributed by atoms with van der Waals surface area (Å²) in [6.07, 6.45) is -0.752. The van der Waals surface area contributed by atoms with Crippen molar-refractivity contribution in [3.05, 3.63) is 35.9 Å². The number of amides is 2. The predicted octanol–water partition coefficient (Wildman–Crippen LogP) is 1.81. The lowest BCUT2D eigenvalue weighted by Crippen LogP contribution is -2.48. The van der Waals surface area contributed by atoms with E-state index in [1.54, 1.807) is 0 Å². The minimum Gasteiger partial charge on any atom is -0.465 e. The average molecular weight is 322 g/mol. The zero-order valence-corrected chi connectivity index (χ0v) is 12.9. The molecule has 1 aromatic rings. The SMILES string of the molecule is O=C(N[C@H]1CC(O)CCCN(C(=O)O)C1)OCc1ccccc1. The van der Waals surface area contributed by atoms with E-state index in [2.05, 4.69) is 5.32 Å². The fraction of sp³-hybridized carbons (Fsp3) is 0.500. The van der Waals surface area contributed by atoms with Gasteiger partial charge in [-0.3, -0.25) is 0 Å². The molecule has 1 unspecified atom stereocenters. The van der Waals surface area contributed by atoms with Crippen LogP contribution < -0.4 is 5.32 Å². The summed E-state index contributed by atoms with van der Waals surface area (Å²) in [5.41, 5.74) is 0.868. The second kappa shape index (κ2) is 8.38. The molecular formula is C16H22N2O5. The van der Waals surface area contributed by atoms with Crippen LogP contribution in [0.2, 0.25) is 0 Å². The maximum atomic E-state index is 11.9. The molecule has 0 radical (unpaired) electrons. The fourth-order valence-electron chi connectivity index (χ4n) is 2.61. The van der Waals surface area contributed by atoms with Crippen molar-refractivity contribution in [3.8, 4) is 0 Å². The lowest BCUT2D eigenvalue weighted by Gasteiger charge is -2.30. The van der Waals surface area contributed by atoms with E-state index in [1.165, 1.54) is 4.90 Å². The van der Waals surface area contributed by atoms with Gasteiger partial charge in [0, 0.05) is 13.1 Å². The van der Waals surface area contributed by atoms with Gasteiger partial charge < -0.3 is 25.2 Å². The first-order valence-corrected chi connectivity index (χ1v) is 7.67. The van der Waals surface area contributed by atoms with Gasteiger partial charge in [0.05, 0.1) is 12.1 Å². The van der Waals surface area contributed by atoms with Gasteiger partial charge in [-0.05, 0) is 24.8 Å². The zero-order valence-electron chi connectivity index (χ0n) is 12.9. The molecule has 3 N–H and O–H groups in total. The Kier molecular flexibility index (Phi) is 6.22. The van der Waals surface area contributed by atoms with Crippen molar-refractivity contribution < 1.29 is 24.5 Å². The topological polar surface area (TPSA) is 99.1 Å². The first-order chi connectivity index (χ1) is 11.0. The number of carbonyl (C=O) groups is 2. The van der Waals surface area contributed by atoms with Crippen molar-refractivity contribution in [2.75, 3.05) is 13.1 Å². The van der Waals surface area contributed by atoms with Crippen LogP contribution in [0.25, 0.3) is 0 Å². The summed E-state index contributed by atoms with van der Waals surface area (Å²) in [7, 11) is 0. The van der Waals surface area contributed by atoms with Crippen molar-refractivity contribution in [3.63, 3.8) is 0 Å². The Bertz CT molecular complexity index is 522. The molecule has 1 saturated heterocycles. The zero-order chi connectivity index (χ0) is 16.7. The van der Waals surface area contributed by atoms with Crippen LogP contribution in [0.5, 0.6) is 0 Å². The number of alkyl carbamates (subject to hydrolysis) is 1. The van der Waals surface area contributed by atoms with E-state index in [-0.39, 0.29) is 13.2 Å². The van der Waals surface area contributed by atoms with Gasteiger partial charge in [0.2, 0.25) is 0 Å². The molecule has 0 spiro atoms. The number of benzene rings is 1. The molecule has 23 heavy (non-hydrogen) atoms. The van der Waals surface area contributed by atoms with Crippen molar-refractivity contribution in [1.29, 1.82) is 0 Å². The number of likely N-dealkylation sites (tertiary alicyclic amines) is 1. The van der Waals surface area contributed by atoms with E-state index < -0.39 is 24.3 Å². The largest absolute Gasteiger partial charge is 0.465 e. The van der Waals surface area contributed by atoms with E-state index in [4.69, 9.17) is 9.84 Å². The molecule has 1 aliphatic rings. The summed E-state index contributed by atoms with van der Waals surface area (Å²) >= 11 is 0. The maximum absolute atomic E-state index is 11.9. The van der Waals surface area contributed by atoms with Gasteiger partial charge in [0.1, 0.15) is 6.61 Å². The van der Waals surface area contributed by atoms with Crippen LogP contribution in [-0.2, 0) is 11.3 Å². The number of aliphatic hydroxyl groups is 1. The third-order valence-corrected chi connectivity index (χ3v) is 3.77. The molecule has 0 aromatic heterocycles. The lowest BCUT2D eigenvalue weighted by molar-refractivity contribution is 0.0862. The van der Waals surface area contributed by atoms with Gasteiger partial charge in [-0.15, -0.1) is 0 Å². The van der Waals surface area contributed by atoms with Crippen LogP contribution in [0.3, 0.4) is 0 Å². The Morgan fingerprint density at radius 2 is 2.04 bits per heavy atom. The molecule has 7 heteroatoms. The number of carbonyl (C=O) groups excluding carboxylic acids is 1. The first-order valence-electron chi connectivity index (χ1n) is 7.67. The smallest absolute Gasteiger partial charge is 0.407 e. The van der Waals surface area contributed by atoms with Crippen LogP contribution in [-0.4, -0.2) is 52.5 Å². The van der Waals surface area contributed by atoms with Gasteiger partial charge in [0.15, 0.2) is 0 Å². The van der Waals surface area contributed by atoms with Gasteiger partial charge in [-0.2, -0.15) is 0 Å². The molecule has 1 aliphatic heterocycles. The number of rotatable bonds is 3. The summed E-state index contributed by atoms with van der Waals surface area (Å²) in [5.74, 6) is 0. The Morgan fingerprint density at radius 3 is 2.74 bits per heavy atom. The van der Waals surface area contributed by atoms with Crippen molar-refractivity contribution >= 4 is 12.2 Å². The summed E-state index contributed by atoms with van der Waals surface area (Å²) in [6, 6.07) is 8.81. The van der Waals surface area contributed by atoms with Crippen LogP contribution in [0.1, 0.15) is 24.8 Å². The quantitative estimate of drug-likeness (QED) is 0.788. The van der Waals surface area contributed by atoms with E-state index in [9.17, 15) is 14.7 Å². The molecule has 1 aromatic carbocycles. The molecule has 1 fully saturated rings. The molecule has 2 rings (SSSR count). The Balaban J connectivity index is 1.86. The van der Waals surface area contributed by atoms with Crippen molar-refractivity contribution in [2.45, 2.75) is 38.0 Å². The van der Waals surface area contributed by atoms with Crippen LogP contribution >= 0.6 is 0 Å². The highest BCUT2D eigenvalue weighted by Crippen LogP contribution is 2.13. The lowest BCUT2D eigenvalue weighted by atomic mass is 10.0. The highest BCUT2D eigenvalue weighted by atomic mass is 16.5. The monoisotopic (exact) mass is 322 g/mol. The van der Waals surface area contributed by atoms with Crippen LogP contribution in [0, 0.1) is 0 Å². The maximum Gasteiger partial charge on any atom is 0.407 e. The van der Waals surface area contributed by atoms with E-state index in [1.807, 2.05) is 30.3 Å². The van der Waals surface area contributed by atoms with Crippen LogP contribution in [0.15, 0.2) is 30.3 Å². The molecule has 0 aliphatic carbocycles. The van der Waals surface area contributed by atoms with Gasteiger partial charge in [-0.1, -0.05) is 30.3 Å². The average Bonchev–Trinajstić information content (AvgIpc) is 2.50. The molecule has 126 valence electrons. The number of ether oxygens (including phenoxy) is 1. The Morgan fingerprint density at radius 1 is 1.30 bits per heavy atom. The van der Waals surface area contributed by atoms with E-state index >= 15 is 0 Å². The third-order valence-electron chi connectivity index (χ3n) is 3.77. The standard InChI is InChI=1S/C16H22N2O5/c19-14-7-4-8-18(16(21)22)10-13(9-14)17-15(20)23-11-12-5-2-1-3-6-12/h1-3,5-6,13-14,19H,4,7-11H2,(H,17,20)(H,21,22)/t13-,14?/m0/s1. The number of aliphatic hydroxyl groups excluding tert-OH is 1. The molecule has 2 amide bonds. The Labute approximate surface area is 134 Å². The van der Waals surface area contributed by atoms with Gasteiger partial charge in [0.25, 0.3) is 0 Å². The summed E-state index contributed by atoms with van der Waals surface area (Å²) in [4.78, 5) is 24.3. The first kappa shape index (κ1) is 17.1. The van der Waals surface area contributed by atoms with E-state index in [0.29, 0.717) is 25.8 Å². The summed E-state index contributed by atoms with van der Waals surface area (Å²) < 4.78 is 5.14. The van der Waals surface area contributed by atoms with Gasteiger partial charge >= 0.3 is 12.2 Å². The van der Waals surface area contributed by atoms with Crippen molar-refractivity contribution in [2.24, 2.45) is 0 Å². The highest BCUT2D eigenvalue weighted by Gasteiger charge is 2.25. The van der Waals surface area contributed by atoms with E-state index in [0.717, 1.165) is 5.56 Å². The number of nitrogens with zero attached hydrogens (tertiary/aromatic N) is 1. The minimum absolute atomic E-state index is 0.143. The number of hydrogen-bond donors (Lipinski definition) is 3. The van der Waals surface area contributed by atoms with Crippen LogP contribution in [0.4, 0.5) is 9.59 Å². The third kappa shape index (κ3) is 5.78. The minimum atomic E-state index is -1.02. The normalized spacial score (nSPS) is 21.9. The predicted molar refractivity (Wildman–Crippen MR) is 83.0 cm³/mol. The van der Waals surface area contributed by atoms with Gasteiger partial charge in [-0.25, -0.2) is 9.59 Å². The fourth-order valence-corrected chi connectivity index (χ4v) is 2.61. The number of hydrogen-bond acceptors (Lipinski definition) is 4. The molecular weight excluding hydrogens is 300 g/mol. The molecule has 7 nitrogen and oxygen atoms in total.